The lowest BCUT2D eigenvalue weighted by molar-refractivity contribution is 0.0707. The summed E-state index contributed by atoms with van der Waals surface area (Å²) in [6.45, 7) is 3.54. The lowest BCUT2D eigenvalue weighted by Crippen LogP contribution is -2.40. The molecule has 2 aromatic heterocycles. The van der Waals surface area contributed by atoms with Crippen molar-refractivity contribution in [3.63, 3.8) is 0 Å². The minimum Gasteiger partial charge on any atom is -0.356 e. The summed E-state index contributed by atoms with van der Waals surface area (Å²) in [7, 11) is 0. The van der Waals surface area contributed by atoms with Crippen molar-refractivity contribution in [3.8, 4) is 0 Å². The standard InChI is InChI=1S/C22H24N4OS/c27-22(17-8-5-11-23-20(17)25-12-3-4-13-25)26-14-6-7-16(15-26)21-24-18-9-1-2-10-19(18)28-21/h1-2,5,8-11,16H,3-4,6-7,12-15H2/t16-/m1/s1. The van der Waals surface area contributed by atoms with Crippen molar-refractivity contribution in [3.05, 3.63) is 53.2 Å². The maximum absolute atomic E-state index is 13.4. The highest BCUT2D eigenvalue weighted by atomic mass is 32.1. The number of hydrogen-bond acceptors (Lipinski definition) is 5. The Morgan fingerprint density at radius 2 is 1.89 bits per heavy atom. The molecule has 2 aliphatic rings. The molecule has 5 nitrogen and oxygen atoms in total. The van der Waals surface area contributed by atoms with Crippen molar-refractivity contribution < 1.29 is 4.79 Å². The number of benzene rings is 1. The zero-order valence-electron chi connectivity index (χ0n) is 15.9. The zero-order chi connectivity index (χ0) is 18.9. The highest BCUT2D eigenvalue weighted by Crippen LogP contribution is 2.34. The number of aromatic nitrogens is 2. The second-order valence-corrected chi connectivity index (χ2v) is 8.74. The van der Waals surface area contributed by atoms with E-state index in [1.165, 1.54) is 17.5 Å². The van der Waals surface area contributed by atoms with Gasteiger partial charge >= 0.3 is 0 Å². The molecule has 6 heteroatoms. The number of rotatable bonds is 3. The van der Waals surface area contributed by atoms with Crippen molar-refractivity contribution in [1.29, 1.82) is 0 Å². The number of anilines is 1. The number of carbonyl (C=O) groups is 1. The Morgan fingerprint density at radius 3 is 2.75 bits per heavy atom. The van der Waals surface area contributed by atoms with E-state index in [0.717, 1.165) is 60.9 Å². The largest absolute Gasteiger partial charge is 0.356 e. The monoisotopic (exact) mass is 392 g/mol. The molecule has 0 unspecified atom stereocenters. The van der Waals surface area contributed by atoms with Crippen LogP contribution in [0, 0.1) is 0 Å². The number of thiazole rings is 1. The Morgan fingerprint density at radius 1 is 1.04 bits per heavy atom. The molecule has 1 atom stereocenters. The van der Waals surface area contributed by atoms with Gasteiger partial charge in [-0.15, -0.1) is 11.3 Å². The lowest BCUT2D eigenvalue weighted by atomic mass is 9.98. The molecule has 3 aromatic rings. The van der Waals surface area contributed by atoms with E-state index >= 15 is 0 Å². The number of pyridine rings is 1. The third-order valence-corrected chi connectivity index (χ3v) is 6.99. The highest BCUT2D eigenvalue weighted by molar-refractivity contribution is 7.18. The molecule has 1 amide bonds. The molecule has 144 valence electrons. The number of piperidine rings is 1. The summed E-state index contributed by atoms with van der Waals surface area (Å²) in [4.78, 5) is 27.0. The highest BCUT2D eigenvalue weighted by Gasteiger charge is 2.30. The van der Waals surface area contributed by atoms with E-state index in [1.54, 1.807) is 17.5 Å². The van der Waals surface area contributed by atoms with Crippen LogP contribution in [0.4, 0.5) is 5.82 Å². The SMILES string of the molecule is O=C(c1cccnc1N1CCCC1)N1CCC[C@@H](c2nc3ccccc3s2)C1. The first-order chi connectivity index (χ1) is 13.8. The van der Waals surface area contributed by atoms with E-state index in [4.69, 9.17) is 4.98 Å². The third-order valence-electron chi connectivity index (χ3n) is 5.79. The summed E-state index contributed by atoms with van der Waals surface area (Å²) in [5.41, 5.74) is 1.81. The van der Waals surface area contributed by atoms with Gasteiger partial charge in [0.05, 0.1) is 20.8 Å². The molecule has 0 saturated carbocycles. The Labute approximate surface area is 169 Å². The fourth-order valence-electron chi connectivity index (χ4n) is 4.34. The fraction of sp³-hybridized carbons (Fsp3) is 0.409. The molecule has 28 heavy (non-hydrogen) atoms. The summed E-state index contributed by atoms with van der Waals surface area (Å²) >= 11 is 1.77. The second-order valence-electron chi connectivity index (χ2n) is 7.68. The van der Waals surface area contributed by atoms with Gasteiger partial charge in [-0.3, -0.25) is 4.79 Å². The summed E-state index contributed by atoms with van der Waals surface area (Å²) < 4.78 is 1.23. The first kappa shape index (κ1) is 17.6. The van der Waals surface area contributed by atoms with Crippen LogP contribution in [-0.2, 0) is 0 Å². The van der Waals surface area contributed by atoms with Gasteiger partial charge < -0.3 is 9.80 Å². The Balaban J connectivity index is 1.38. The average molecular weight is 393 g/mol. The number of carbonyl (C=O) groups excluding carboxylic acids is 1. The number of fused-ring (bicyclic) bond motifs is 1. The quantitative estimate of drug-likeness (QED) is 0.666. The van der Waals surface area contributed by atoms with E-state index in [1.807, 2.05) is 23.1 Å². The molecule has 0 N–H and O–H groups in total. The van der Waals surface area contributed by atoms with Crippen molar-refractivity contribution in [2.75, 3.05) is 31.1 Å². The van der Waals surface area contributed by atoms with Gasteiger partial charge in [0.1, 0.15) is 5.82 Å². The fourth-order valence-corrected chi connectivity index (χ4v) is 5.44. The normalized spacial score (nSPS) is 20.1. The van der Waals surface area contributed by atoms with Crippen molar-refractivity contribution in [1.82, 2.24) is 14.9 Å². The van der Waals surface area contributed by atoms with Crippen LogP contribution >= 0.6 is 11.3 Å². The smallest absolute Gasteiger partial charge is 0.257 e. The Hall–Kier alpha value is -2.47. The van der Waals surface area contributed by atoms with Gasteiger partial charge in [-0.2, -0.15) is 0 Å². The molecule has 0 radical (unpaired) electrons. The molecule has 1 aromatic carbocycles. The molecule has 2 saturated heterocycles. The minimum absolute atomic E-state index is 0.112. The van der Waals surface area contributed by atoms with Crippen molar-refractivity contribution in [2.45, 2.75) is 31.6 Å². The maximum atomic E-state index is 13.4. The van der Waals surface area contributed by atoms with Crippen LogP contribution in [-0.4, -0.2) is 47.0 Å². The van der Waals surface area contributed by atoms with Crippen LogP contribution in [0.25, 0.3) is 10.2 Å². The number of likely N-dealkylation sites (tertiary alicyclic amines) is 1. The van der Waals surface area contributed by atoms with Crippen molar-refractivity contribution in [2.24, 2.45) is 0 Å². The molecule has 2 aliphatic heterocycles. The van der Waals surface area contributed by atoms with Gasteiger partial charge in [0.25, 0.3) is 5.91 Å². The summed E-state index contributed by atoms with van der Waals surface area (Å²) in [5, 5.41) is 1.16. The van der Waals surface area contributed by atoms with Crippen LogP contribution in [0.2, 0.25) is 0 Å². The van der Waals surface area contributed by atoms with E-state index in [2.05, 4.69) is 28.1 Å². The van der Waals surface area contributed by atoms with E-state index < -0.39 is 0 Å². The van der Waals surface area contributed by atoms with E-state index in [9.17, 15) is 4.79 Å². The van der Waals surface area contributed by atoms with Crippen LogP contribution in [0.3, 0.4) is 0 Å². The first-order valence-corrected chi connectivity index (χ1v) is 11.0. The van der Waals surface area contributed by atoms with Crippen LogP contribution < -0.4 is 4.90 Å². The third kappa shape index (κ3) is 3.26. The van der Waals surface area contributed by atoms with Gasteiger partial charge in [0, 0.05) is 38.3 Å². The molecular formula is C22H24N4OS. The van der Waals surface area contributed by atoms with E-state index in [0.29, 0.717) is 5.92 Å². The summed E-state index contributed by atoms with van der Waals surface area (Å²) in [6, 6.07) is 12.1. The van der Waals surface area contributed by atoms with Gasteiger partial charge in [0.2, 0.25) is 0 Å². The number of hydrogen-bond donors (Lipinski definition) is 0. The van der Waals surface area contributed by atoms with Gasteiger partial charge in [-0.05, 0) is 49.9 Å². The molecular weight excluding hydrogens is 368 g/mol. The lowest BCUT2D eigenvalue weighted by Gasteiger charge is -2.32. The predicted octanol–water partition coefficient (Wildman–Crippen LogP) is 4.31. The predicted molar refractivity (Wildman–Crippen MR) is 113 cm³/mol. The van der Waals surface area contributed by atoms with Gasteiger partial charge in [-0.25, -0.2) is 9.97 Å². The molecule has 5 rings (SSSR count). The molecule has 4 heterocycles. The second kappa shape index (κ2) is 7.51. The van der Waals surface area contributed by atoms with Crippen LogP contribution in [0.15, 0.2) is 42.6 Å². The van der Waals surface area contributed by atoms with E-state index in [-0.39, 0.29) is 5.91 Å². The zero-order valence-corrected chi connectivity index (χ0v) is 16.7. The minimum atomic E-state index is 0.112. The molecule has 0 bridgehead atoms. The molecule has 2 fully saturated rings. The van der Waals surface area contributed by atoms with Crippen molar-refractivity contribution >= 4 is 33.3 Å². The Kier molecular flexibility index (Phi) is 4.72. The first-order valence-electron chi connectivity index (χ1n) is 10.1. The molecule has 0 spiro atoms. The average Bonchev–Trinajstić information content (AvgIpc) is 3.43. The van der Waals surface area contributed by atoms with Crippen LogP contribution in [0.1, 0.15) is 47.0 Å². The van der Waals surface area contributed by atoms with Crippen LogP contribution in [0.5, 0.6) is 0 Å². The maximum Gasteiger partial charge on any atom is 0.257 e. The van der Waals surface area contributed by atoms with Gasteiger partial charge in [-0.1, -0.05) is 12.1 Å². The van der Waals surface area contributed by atoms with Gasteiger partial charge in [0.15, 0.2) is 0 Å². The summed E-state index contributed by atoms with van der Waals surface area (Å²) in [6.07, 6.45) is 6.26. The number of amides is 1. The Bertz CT molecular complexity index is 962. The topological polar surface area (TPSA) is 49.3 Å². The molecule has 0 aliphatic carbocycles. The summed E-state index contributed by atoms with van der Waals surface area (Å²) in [5.74, 6) is 1.29. The number of nitrogens with zero attached hydrogens (tertiary/aromatic N) is 4. The number of para-hydroxylation sites is 1.